The minimum atomic E-state index is -3.67. The van der Waals surface area contributed by atoms with Crippen LogP contribution >= 0.6 is 0 Å². The number of ether oxygens (including phenoxy) is 1. The average Bonchev–Trinajstić information content (AvgIpc) is 2.71. The lowest BCUT2D eigenvalue weighted by atomic mass is 10.2. The van der Waals surface area contributed by atoms with Crippen molar-refractivity contribution < 1.29 is 17.9 Å². The predicted octanol–water partition coefficient (Wildman–Crippen LogP) is 1.45. The predicted molar refractivity (Wildman–Crippen MR) is 113 cm³/mol. The number of carbonyl (C=O) groups is 1. The van der Waals surface area contributed by atoms with Gasteiger partial charge in [-0.25, -0.2) is 8.42 Å². The maximum Gasteiger partial charge on any atom is 0.246 e. The van der Waals surface area contributed by atoms with Gasteiger partial charge in [-0.1, -0.05) is 6.42 Å². The van der Waals surface area contributed by atoms with Crippen LogP contribution in [0.15, 0.2) is 23.1 Å². The summed E-state index contributed by atoms with van der Waals surface area (Å²) < 4.78 is 33.5. The number of amides is 1. The first-order valence-electron chi connectivity index (χ1n) is 10.4. The Balaban J connectivity index is 1.74. The van der Waals surface area contributed by atoms with Gasteiger partial charge in [-0.05, 0) is 45.0 Å². The summed E-state index contributed by atoms with van der Waals surface area (Å²) in [5.41, 5.74) is 0.475. The van der Waals surface area contributed by atoms with Gasteiger partial charge in [0.25, 0.3) is 0 Å². The Morgan fingerprint density at radius 2 is 1.76 bits per heavy atom. The number of hydrogen-bond donors (Lipinski definition) is 1. The number of benzene rings is 1. The number of sulfonamides is 1. The van der Waals surface area contributed by atoms with E-state index in [9.17, 15) is 13.2 Å². The number of carbonyl (C=O) groups excluding carboxylic acids is 1. The van der Waals surface area contributed by atoms with Gasteiger partial charge in [0.2, 0.25) is 15.9 Å². The summed E-state index contributed by atoms with van der Waals surface area (Å²) in [7, 11) is -1.59. The van der Waals surface area contributed by atoms with Gasteiger partial charge in [-0.15, -0.1) is 0 Å². The van der Waals surface area contributed by atoms with Crippen molar-refractivity contribution in [1.29, 1.82) is 0 Å². The Labute approximate surface area is 173 Å². The highest BCUT2D eigenvalue weighted by Crippen LogP contribution is 2.31. The molecule has 2 aliphatic heterocycles. The van der Waals surface area contributed by atoms with Gasteiger partial charge in [0.15, 0.2) is 0 Å². The number of nitrogens with one attached hydrogen (secondary N) is 1. The topological polar surface area (TPSA) is 82.2 Å². The molecule has 0 aromatic heterocycles. The summed E-state index contributed by atoms with van der Waals surface area (Å²) in [4.78, 5) is 16.9. The summed E-state index contributed by atoms with van der Waals surface area (Å²) in [6.45, 7) is 7.12. The average molecular weight is 425 g/mol. The molecule has 0 spiro atoms. The van der Waals surface area contributed by atoms with Gasteiger partial charge >= 0.3 is 0 Å². The van der Waals surface area contributed by atoms with Crippen molar-refractivity contribution in [2.24, 2.45) is 0 Å². The van der Waals surface area contributed by atoms with Crippen molar-refractivity contribution in [3.63, 3.8) is 0 Å². The second kappa shape index (κ2) is 9.88. The highest BCUT2D eigenvalue weighted by molar-refractivity contribution is 7.89. The summed E-state index contributed by atoms with van der Waals surface area (Å²) in [6, 6.07) is 4.85. The molecule has 2 fully saturated rings. The van der Waals surface area contributed by atoms with E-state index in [1.807, 2.05) is 6.92 Å². The molecule has 1 aromatic rings. The Bertz CT molecular complexity index is 801. The van der Waals surface area contributed by atoms with E-state index < -0.39 is 10.0 Å². The van der Waals surface area contributed by atoms with E-state index in [-0.39, 0.29) is 10.8 Å². The van der Waals surface area contributed by atoms with E-state index in [1.54, 1.807) is 12.1 Å². The molecular weight excluding hydrogens is 392 g/mol. The van der Waals surface area contributed by atoms with Crippen LogP contribution in [0.25, 0.3) is 0 Å². The molecule has 0 saturated carbocycles. The van der Waals surface area contributed by atoms with Crippen LogP contribution in [0.3, 0.4) is 0 Å². The maximum absolute atomic E-state index is 13.2. The van der Waals surface area contributed by atoms with Crippen LogP contribution in [-0.2, 0) is 14.8 Å². The van der Waals surface area contributed by atoms with E-state index in [4.69, 9.17) is 4.74 Å². The molecule has 29 heavy (non-hydrogen) atoms. The molecular formula is C20H32N4O4S. The third kappa shape index (κ3) is 5.69. The van der Waals surface area contributed by atoms with Gasteiger partial charge in [0.05, 0.1) is 13.2 Å². The lowest BCUT2D eigenvalue weighted by Gasteiger charge is -2.31. The molecule has 3 rings (SSSR count). The van der Waals surface area contributed by atoms with Crippen LogP contribution in [0.5, 0.6) is 5.75 Å². The zero-order chi connectivity index (χ0) is 20.9. The number of piperidine rings is 1. The lowest BCUT2D eigenvalue weighted by molar-refractivity contribution is -0.117. The third-order valence-electron chi connectivity index (χ3n) is 5.42. The molecule has 1 N–H and O–H groups in total. The molecule has 9 heteroatoms. The lowest BCUT2D eigenvalue weighted by Crippen LogP contribution is -2.47. The van der Waals surface area contributed by atoms with Gasteiger partial charge in [0, 0.05) is 45.0 Å². The number of anilines is 1. The molecule has 162 valence electrons. The quantitative estimate of drug-likeness (QED) is 0.713. The Hall–Kier alpha value is -1.68. The minimum absolute atomic E-state index is 0.124. The van der Waals surface area contributed by atoms with Crippen molar-refractivity contribution in [3.8, 4) is 5.75 Å². The fourth-order valence-corrected chi connectivity index (χ4v) is 5.39. The van der Waals surface area contributed by atoms with E-state index in [0.717, 1.165) is 45.4 Å². The van der Waals surface area contributed by atoms with Gasteiger partial charge in [0.1, 0.15) is 10.6 Å². The first-order chi connectivity index (χ1) is 13.9. The number of hydrogen-bond acceptors (Lipinski definition) is 6. The third-order valence-corrected chi connectivity index (χ3v) is 7.34. The van der Waals surface area contributed by atoms with Gasteiger partial charge < -0.3 is 15.0 Å². The van der Waals surface area contributed by atoms with E-state index >= 15 is 0 Å². The van der Waals surface area contributed by atoms with Crippen molar-refractivity contribution >= 4 is 21.6 Å². The van der Waals surface area contributed by atoms with Crippen molar-refractivity contribution in [3.05, 3.63) is 18.2 Å². The largest absolute Gasteiger partial charge is 0.492 e. The van der Waals surface area contributed by atoms with Crippen molar-refractivity contribution in [1.82, 2.24) is 14.1 Å². The molecule has 8 nitrogen and oxygen atoms in total. The fraction of sp³-hybridized carbons (Fsp3) is 0.650. The monoisotopic (exact) mass is 424 g/mol. The van der Waals surface area contributed by atoms with E-state index in [0.29, 0.717) is 37.7 Å². The summed E-state index contributed by atoms with van der Waals surface area (Å²) in [6.07, 6.45) is 2.78. The number of nitrogens with zero attached hydrogens (tertiary/aromatic N) is 3. The summed E-state index contributed by atoms with van der Waals surface area (Å²) in [5, 5.41) is 2.85. The second-order valence-electron chi connectivity index (χ2n) is 7.69. The minimum Gasteiger partial charge on any atom is -0.492 e. The van der Waals surface area contributed by atoms with Gasteiger partial charge in [-0.3, -0.25) is 9.69 Å². The smallest absolute Gasteiger partial charge is 0.246 e. The Morgan fingerprint density at radius 3 is 2.41 bits per heavy atom. The Kier molecular flexibility index (Phi) is 7.50. The molecule has 0 atom stereocenters. The molecule has 0 unspecified atom stereocenters. The summed E-state index contributed by atoms with van der Waals surface area (Å²) >= 11 is 0. The molecule has 1 amide bonds. The van der Waals surface area contributed by atoms with Crippen LogP contribution in [0, 0.1) is 0 Å². The highest BCUT2D eigenvalue weighted by atomic mass is 32.2. The number of rotatable bonds is 7. The molecule has 0 bridgehead atoms. The molecule has 2 saturated heterocycles. The number of piperazine rings is 1. The molecule has 1 aromatic carbocycles. The second-order valence-corrected chi connectivity index (χ2v) is 9.59. The van der Waals surface area contributed by atoms with Gasteiger partial charge in [-0.2, -0.15) is 4.31 Å². The van der Waals surface area contributed by atoms with Crippen LogP contribution < -0.4 is 10.1 Å². The first kappa shape index (κ1) is 22.0. The molecule has 0 aliphatic carbocycles. The zero-order valence-corrected chi connectivity index (χ0v) is 18.2. The van der Waals surface area contributed by atoms with E-state index in [2.05, 4.69) is 22.2 Å². The Morgan fingerprint density at radius 1 is 1.07 bits per heavy atom. The van der Waals surface area contributed by atoms with E-state index in [1.165, 1.54) is 10.4 Å². The SMILES string of the molecule is CCOc1ccc(NC(=O)CN2CCN(C)CC2)cc1S(=O)(=O)N1CCCCC1. The highest BCUT2D eigenvalue weighted by Gasteiger charge is 2.29. The van der Waals surface area contributed by atoms with Crippen molar-refractivity contribution in [2.45, 2.75) is 31.1 Å². The first-order valence-corrected chi connectivity index (χ1v) is 11.8. The van der Waals surface area contributed by atoms with Crippen LogP contribution in [0.4, 0.5) is 5.69 Å². The van der Waals surface area contributed by atoms with Crippen molar-refractivity contribution in [2.75, 3.05) is 64.8 Å². The zero-order valence-electron chi connectivity index (χ0n) is 17.4. The van der Waals surface area contributed by atoms with Crippen LogP contribution in [-0.4, -0.2) is 87.9 Å². The standard InChI is InChI=1S/C20H32N4O4S/c1-3-28-18-8-7-17(21-20(25)16-23-13-11-22(2)12-14-23)15-19(18)29(26,27)24-9-5-4-6-10-24/h7-8,15H,3-6,9-14,16H2,1-2H3,(H,21,25). The van der Waals surface area contributed by atoms with Crippen LogP contribution in [0.2, 0.25) is 0 Å². The molecule has 2 heterocycles. The normalized spacial score (nSPS) is 19.8. The number of likely N-dealkylation sites (N-methyl/N-ethyl adjacent to an activating group) is 1. The maximum atomic E-state index is 13.2. The fourth-order valence-electron chi connectivity index (χ4n) is 3.72. The van der Waals surface area contributed by atoms with Crippen LogP contribution in [0.1, 0.15) is 26.2 Å². The molecule has 0 radical (unpaired) electrons. The molecule has 2 aliphatic rings. The summed E-state index contributed by atoms with van der Waals surface area (Å²) in [5.74, 6) is 0.190.